The van der Waals surface area contributed by atoms with E-state index in [1.807, 2.05) is 0 Å². The minimum atomic E-state index is -0.0177. The lowest BCUT2D eigenvalue weighted by atomic mass is 9.74. The third-order valence-electron chi connectivity index (χ3n) is 2.85. The van der Waals surface area contributed by atoms with Gasteiger partial charge in [0.1, 0.15) is 6.61 Å². The van der Waals surface area contributed by atoms with Crippen LogP contribution >= 0.6 is 12.6 Å². The Morgan fingerprint density at radius 2 is 2.23 bits per heavy atom. The first-order valence-electron chi connectivity index (χ1n) is 4.85. The molecule has 0 saturated carbocycles. The van der Waals surface area contributed by atoms with Gasteiger partial charge >= 0.3 is 5.97 Å². The monoisotopic (exact) mass is 202 g/mol. The van der Waals surface area contributed by atoms with E-state index in [9.17, 15) is 4.79 Å². The Kier molecular flexibility index (Phi) is 3.65. The predicted octanol–water partition coefficient (Wildman–Crippen LogP) is 2.29. The summed E-state index contributed by atoms with van der Waals surface area (Å²) < 4.78 is 4.78. The van der Waals surface area contributed by atoms with Crippen LogP contribution in [0.3, 0.4) is 0 Å². The molecule has 0 aromatic rings. The number of hydrogen-bond donors (Lipinski definition) is 1. The predicted molar refractivity (Wildman–Crippen MR) is 55.9 cm³/mol. The number of esters is 1. The number of carbonyl (C=O) groups is 1. The number of rotatable bonds is 5. The van der Waals surface area contributed by atoms with Crippen molar-refractivity contribution in [3.8, 4) is 0 Å². The van der Waals surface area contributed by atoms with Gasteiger partial charge in [-0.25, -0.2) is 0 Å². The van der Waals surface area contributed by atoms with E-state index in [-0.39, 0.29) is 17.3 Å². The van der Waals surface area contributed by atoms with Crippen LogP contribution in [0.2, 0.25) is 0 Å². The molecule has 2 nitrogen and oxygen atoms in total. The summed E-state index contributed by atoms with van der Waals surface area (Å²) in [5, 5.41) is 0. The Morgan fingerprint density at radius 3 is 2.62 bits per heavy atom. The third-order valence-corrected chi connectivity index (χ3v) is 3.17. The molecule has 1 heterocycles. The fourth-order valence-electron chi connectivity index (χ4n) is 1.65. The molecule has 1 rings (SSSR count). The minimum Gasteiger partial charge on any atom is -0.464 e. The smallest absolute Gasteiger partial charge is 0.312 e. The van der Waals surface area contributed by atoms with E-state index in [1.54, 1.807) is 0 Å². The van der Waals surface area contributed by atoms with Crippen LogP contribution in [0, 0.1) is 11.3 Å². The van der Waals surface area contributed by atoms with Gasteiger partial charge in [-0.2, -0.15) is 12.6 Å². The second kappa shape index (κ2) is 4.36. The van der Waals surface area contributed by atoms with E-state index < -0.39 is 0 Å². The summed E-state index contributed by atoms with van der Waals surface area (Å²) in [6, 6.07) is 0. The van der Waals surface area contributed by atoms with Crippen LogP contribution in [0.25, 0.3) is 0 Å². The zero-order valence-corrected chi connectivity index (χ0v) is 9.27. The molecule has 1 atom stereocenters. The largest absolute Gasteiger partial charge is 0.464 e. The van der Waals surface area contributed by atoms with Crippen LogP contribution in [0.5, 0.6) is 0 Å². The van der Waals surface area contributed by atoms with Gasteiger partial charge in [0.2, 0.25) is 0 Å². The molecular weight excluding hydrogens is 184 g/mol. The van der Waals surface area contributed by atoms with Gasteiger partial charge in [-0.1, -0.05) is 20.3 Å². The Morgan fingerprint density at radius 1 is 1.54 bits per heavy atom. The molecule has 0 amide bonds. The highest BCUT2D eigenvalue weighted by molar-refractivity contribution is 7.80. The highest BCUT2D eigenvalue weighted by Gasteiger charge is 2.42. The lowest BCUT2D eigenvalue weighted by Gasteiger charge is -2.38. The van der Waals surface area contributed by atoms with Gasteiger partial charge in [0.15, 0.2) is 0 Å². The molecule has 1 fully saturated rings. The maximum Gasteiger partial charge on any atom is 0.312 e. The van der Waals surface area contributed by atoms with Crippen LogP contribution in [-0.2, 0) is 9.53 Å². The molecule has 3 heteroatoms. The van der Waals surface area contributed by atoms with Crippen molar-refractivity contribution in [3.05, 3.63) is 0 Å². The Balaban J connectivity index is 2.32. The summed E-state index contributed by atoms with van der Waals surface area (Å²) in [5.74, 6) is 1.05. The number of thiol groups is 1. The quantitative estimate of drug-likeness (QED) is 0.420. The molecule has 0 bridgehead atoms. The summed E-state index contributed by atoms with van der Waals surface area (Å²) in [6.45, 7) is 4.92. The van der Waals surface area contributed by atoms with Crippen LogP contribution < -0.4 is 0 Å². The van der Waals surface area contributed by atoms with Gasteiger partial charge < -0.3 is 4.74 Å². The topological polar surface area (TPSA) is 26.3 Å². The zero-order valence-electron chi connectivity index (χ0n) is 8.38. The van der Waals surface area contributed by atoms with Crippen LogP contribution in [0.15, 0.2) is 0 Å². The summed E-state index contributed by atoms with van der Waals surface area (Å²) >= 11 is 4.17. The van der Waals surface area contributed by atoms with E-state index in [0.717, 1.165) is 25.0 Å². The lowest BCUT2D eigenvalue weighted by molar-refractivity contribution is -0.178. The van der Waals surface area contributed by atoms with E-state index in [1.165, 1.54) is 0 Å². The number of unbranched alkanes of at least 4 members (excludes halogenated alkanes) is 1. The van der Waals surface area contributed by atoms with Crippen molar-refractivity contribution in [3.63, 3.8) is 0 Å². The Labute approximate surface area is 85.4 Å². The standard InChI is InChI=1S/C10H18O2S/c1-10(2,5-3-4-6-13)8-7-12-9(8)11/h8,13H,3-7H2,1-2H3. The second-order valence-corrected chi connectivity index (χ2v) is 4.80. The zero-order chi connectivity index (χ0) is 9.90. The minimum absolute atomic E-state index is 0.0177. The fourth-order valence-corrected chi connectivity index (χ4v) is 1.87. The van der Waals surface area contributed by atoms with Crippen molar-refractivity contribution in [2.24, 2.45) is 11.3 Å². The SMILES string of the molecule is CC(C)(CCCCS)C1COC1=O. The lowest BCUT2D eigenvalue weighted by Crippen LogP contribution is -2.44. The summed E-state index contributed by atoms with van der Waals surface area (Å²) in [6.07, 6.45) is 3.38. The Bertz CT molecular complexity index is 189. The first-order valence-corrected chi connectivity index (χ1v) is 5.48. The third kappa shape index (κ3) is 2.63. The van der Waals surface area contributed by atoms with Gasteiger partial charge in [-0.15, -0.1) is 0 Å². The molecule has 0 N–H and O–H groups in total. The fraction of sp³-hybridized carbons (Fsp3) is 0.900. The molecule has 1 aliphatic heterocycles. The van der Waals surface area contributed by atoms with Crippen molar-refractivity contribution in [1.82, 2.24) is 0 Å². The molecular formula is C10H18O2S. The van der Waals surface area contributed by atoms with Gasteiger partial charge in [0, 0.05) is 0 Å². The molecule has 0 spiro atoms. The van der Waals surface area contributed by atoms with E-state index >= 15 is 0 Å². The van der Waals surface area contributed by atoms with Gasteiger partial charge in [-0.3, -0.25) is 4.79 Å². The number of cyclic esters (lactones) is 1. The number of hydrogen-bond acceptors (Lipinski definition) is 3. The highest BCUT2D eigenvalue weighted by Crippen LogP contribution is 2.37. The molecule has 0 radical (unpaired) electrons. The van der Waals surface area contributed by atoms with Gasteiger partial charge in [-0.05, 0) is 24.0 Å². The number of carbonyl (C=O) groups excluding carboxylic acids is 1. The molecule has 1 saturated heterocycles. The summed E-state index contributed by atoms with van der Waals surface area (Å²) in [4.78, 5) is 11.1. The maximum absolute atomic E-state index is 11.1. The van der Waals surface area contributed by atoms with Crippen molar-refractivity contribution in [1.29, 1.82) is 0 Å². The maximum atomic E-state index is 11.1. The molecule has 76 valence electrons. The van der Waals surface area contributed by atoms with Crippen LogP contribution in [-0.4, -0.2) is 18.3 Å². The average molecular weight is 202 g/mol. The second-order valence-electron chi connectivity index (χ2n) is 4.35. The van der Waals surface area contributed by atoms with Crippen molar-refractivity contribution < 1.29 is 9.53 Å². The molecule has 0 aliphatic carbocycles. The van der Waals surface area contributed by atoms with E-state index in [2.05, 4.69) is 26.5 Å². The normalized spacial score (nSPS) is 22.4. The van der Waals surface area contributed by atoms with E-state index in [4.69, 9.17) is 4.74 Å². The van der Waals surface area contributed by atoms with E-state index in [0.29, 0.717) is 6.61 Å². The van der Waals surface area contributed by atoms with Gasteiger partial charge in [0.05, 0.1) is 5.92 Å². The molecule has 0 aromatic heterocycles. The number of ether oxygens (including phenoxy) is 1. The highest BCUT2D eigenvalue weighted by atomic mass is 32.1. The molecule has 13 heavy (non-hydrogen) atoms. The first-order chi connectivity index (χ1) is 6.08. The van der Waals surface area contributed by atoms with Gasteiger partial charge in [0.25, 0.3) is 0 Å². The summed E-state index contributed by atoms with van der Waals surface area (Å²) in [7, 11) is 0. The van der Waals surface area contributed by atoms with Crippen molar-refractivity contribution in [2.45, 2.75) is 33.1 Å². The molecule has 1 unspecified atom stereocenters. The molecule has 1 aliphatic rings. The van der Waals surface area contributed by atoms with Crippen molar-refractivity contribution >= 4 is 18.6 Å². The van der Waals surface area contributed by atoms with Crippen LogP contribution in [0.4, 0.5) is 0 Å². The Hall–Kier alpha value is -0.180. The summed E-state index contributed by atoms with van der Waals surface area (Å²) in [5.41, 5.74) is 0.109. The first kappa shape index (κ1) is 10.9. The van der Waals surface area contributed by atoms with Crippen LogP contribution in [0.1, 0.15) is 33.1 Å². The average Bonchev–Trinajstić information content (AvgIpc) is 2.01. The van der Waals surface area contributed by atoms with Crippen molar-refractivity contribution in [2.75, 3.05) is 12.4 Å². The molecule has 0 aromatic carbocycles.